The summed E-state index contributed by atoms with van der Waals surface area (Å²) < 4.78 is 59.8. The molecule has 4 heterocycles. The molecule has 0 amide bonds. The summed E-state index contributed by atoms with van der Waals surface area (Å²) in [5.74, 6) is -2.90. The number of hydrogen-bond donors (Lipinski definition) is 1. The molecule has 1 aromatic carbocycles. The van der Waals surface area contributed by atoms with Gasteiger partial charge in [-0.25, -0.2) is 22.9 Å². The van der Waals surface area contributed by atoms with E-state index in [1.54, 1.807) is 26.8 Å². The molecule has 3 aliphatic rings. The Morgan fingerprint density at radius 2 is 2.05 bits per heavy atom. The molecule has 10 heteroatoms. The van der Waals surface area contributed by atoms with Crippen LogP contribution in [0, 0.1) is 5.82 Å². The molecule has 2 fully saturated rings. The Morgan fingerprint density at radius 3 is 2.81 bits per heavy atom. The molecule has 1 N–H and O–H groups in total. The molecule has 7 nitrogen and oxygen atoms in total. The van der Waals surface area contributed by atoms with Gasteiger partial charge in [-0.05, 0) is 101 Å². The second kappa shape index (κ2) is 13.5. The third kappa shape index (κ3) is 8.48. The number of nitrogens with one attached hydrogen (secondary N) is 1. The van der Waals surface area contributed by atoms with Crippen molar-refractivity contribution >= 4 is 11.8 Å². The number of benzene rings is 1. The summed E-state index contributed by atoms with van der Waals surface area (Å²) in [5.41, 5.74) is 2.55. The first-order chi connectivity index (χ1) is 20.5. The Balaban J connectivity index is 1.21. The van der Waals surface area contributed by atoms with Gasteiger partial charge in [0.1, 0.15) is 29.9 Å². The van der Waals surface area contributed by atoms with Gasteiger partial charge in [0.15, 0.2) is 0 Å². The van der Waals surface area contributed by atoms with Crippen LogP contribution in [0.2, 0.25) is 0 Å². The Hall–Kier alpha value is -2.69. The number of ether oxygens (including phenoxy) is 3. The van der Waals surface area contributed by atoms with Crippen LogP contribution in [0.3, 0.4) is 0 Å². The number of aryl methyl sites for hydroxylation is 2. The molecule has 5 rings (SSSR count). The summed E-state index contributed by atoms with van der Waals surface area (Å²) in [7, 11) is 0. The van der Waals surface area contributed by atoms with Gasteiger partial charge < -0.3 is 19.5 Å². The van der Waals surface area contributed by atoms with Crippen LogP contribution in [0.4, 0.5) is 19.0 Å². The quantitative estimate of drug-likeness (QED) is 0.244. The summed E-state index contributed by atoms with van der Waals surface area (Å²) >= 11 is 0. The highest BCUT2D eigenvalue weighted by atomic mass is 19.3. The number of halogens is 3. The smallest absolute Gasteiger partial charge is 0.328 e. The number of nitrogens with zero attached hydrogens (tertiary/aromatic N) is 2. The highest BCUT2D eigenvalue weighted by molar-refractivity contribution is 5.79. The minimum absolute atomic E-state index is 0.0793. The van der Waals surface area contributed by atoms with E-state index in [0.717, 1.165) is 50.2 Å². The Morgan fingerprint density at radius 1 is 1.21 bits per heavy atom. The van der Waals surface area contributed by atoms with Crippen molar-refractivity contribution in [1.82, 2.24) is 9.88 Å². The van der Waals surface area contributed by atoms with E-state index in [9.17, 15) is 18.0 Å². The molecule has 3 aliphatic heterocycles. The molecule has 0 spiro atoms. The number of rotatable bonds is 10. The molecule has 0 radical (unpaired) electrons. The van der Waals surface area contributed by atoms with Gasteiger partial charge in [0.25, 0.3) is 5.92 Å². The van der Waals surface area contributed by atoms with Gasteiger partial charge >= 0.3 is 5.97 Å². The van der Waals surface area contributed by atoms with Crippen molar-refractivity contribution in [2.24, 2.45) is 0 Å². The molecule has 43 heavy (non-hydrogen) atoms. The van der Waals surface area contributed by atoms with E-state index in [1.807, 2.05) is 4.90 Å². The first-order valence-corrected chi connectivity index (χ1v) is 15.6. The fourth-order valence-electron chi connectivity index (χ4n) is 6.16. The highest BCUT2D eigenvalue weighted by Crippen LogP contribution is 2.40. The van der Waals surface area contributed by atoms with Gasteiger partial charge in [0.05, 0.1) is 12.2 Å². The van der Waals surface area contributed by atoms with Gasteiger partial charge in [0.2, 0.25) is 0 Å². The molecular weight excluding hydrogens is 559 g/mol. The standard InChI is InChI=1S/C33H44F3N3O4/c1-32(2,3)43-31(40)29(27-19-23(34)10-12-26(27)28-13-15-33(35,36)21-42-28)39-17-14-25(20-39)41-18-5-4-8-24-11-9-22-7-6-16-37-30(22)38-24/h9-12,19,25,28-29H,4-8,13-18,20-21H2,1-3H3,(H,37,38)/t25-,28?,29?/m1/s1. The van der Waals surface area contributed by atoms with Crippen molar-refractivity contribution < 1.29 is 32.2 Å². The normalized spacial score (nSPS) is 22.9. The van der Waals surface area contributed by atoms with Crippen LogP contribution in [-0.4, -0.2) is 66.3 Å². The lowest BCUT2D eigenvalue weighted by Gasteiger charge is -2.34. The van der Waals surface area contributed by atoms with Crippen molar-refractivity contribution in [1.29, 1.82) is 0 Å². The number of likely N-dealkylation sites (tertiary alicyclic amines) is 1. The number of hydrogen-bond acceptors (Lipinski definition) is 7. The zero-order valence-corrected chi connectivity index (χ0v) is 25.5. The topological polar surface area (TPSA) is 72.9 Å². The second-order valence-corrected chi connectivity index (χ2v) is 13.0. The first kappa shape index (κ1) is 31.7. The zero-order valence-electron chi connectivity index (χ0n) is 25.5. The van der Waals surface area contributed by atoms with Crippen LogP contribution >= 0.6 is 0 Å². The SMILES string of the molecule is CC(C)(C)OC(=O)C(c1cc(F)ccc1C1CCC(F)(F)CO1)N1CC[C@@H](OCCCCc2ccc3c(n2)NCCC3)C1. The van der Waals surface area contributed by atoms with E-state index in [1.165, 1.54) is 17.7 Å². The van der Waals surface area contributed by atoms with Crippen molar-refractivity contribution in [2.45, 2.75) is 102 Å². The Bertz CT molecular complexity index is 1260. The lowest BCUT2D eigenvalue weighted by Crippen LogP contribution is -2.39. The fourth-order valence-corrected chi connectivity index (χ4v) is 6.16. The number of aromatic nitrogens is 1. The lowest BCUT2D eigenvalue weighted by molar-refractivity contribution is -0.162. The van der Waals surface area contributed by atoms with E-state index in [2.05, 4.69) is 17.4 Å². The van der Waals surface area contributed by atoms with Gasteiger partial charge in [0, 0.05) is 38.4 Å². The average molecular weight is 604 g/mol. The maximum atomic E-state index is 14.6. The van der Waals surface area contributed by atoms with Crippen LogP contribution in [0.5, 0.6) is 0 Å². The second-order valence-electron chi connectivity index (χ2n) is 13.0. The molecular formula is C33H44F3N3O4. The van der Waals surface area contributed by atoms with E-state index in [0.29, 0.717) is 37.2 Å². The average Bonchev–Trinajstić information content (AvgIpc) is 3.40. The lowest BCUT2D eigenvalue weighted by atomic mass is 9.91. The van der Waals surface area contributed by atoms with Gasteiger partial charge in [-0.2, -0.15) is 0 Å². The number of alkyl halides is 2. The third-order valence-corrected chi connectivity index (χ3v) is 8.26. The number of unbranched alkanes of at least 4 members (excludes halogenated alkanes) is 1. The van der Waals surface area contributed by atoms with Gasteiger partial charge in [-0.1, -0.05) is 12.1 Å². The van der Waals surface area contributed by atoms with Crippen LogP contribution < -0.4 is 5.32 Å². The van der Waals surface area contributed by atoms with E-state index < -0.39 is 42.1 Å². The summed E-state index contributed by atoms with van der Waals surface area (Å²) in [5, 5.41) is 3.38. The Labute approximate surface area is 252 Å². The summed E-state index contributed by atoms with van der Waals surface area (Å²) in [6.07, 6.45) is 4.66. The molecule has 2 unspecified atom stereocenters. The predicted molar refractivity (Wildman–Crippen MR) is 158 cm³/mol. The van der Waals surface area contributed by atoms with Crippen LogP contribution in [0.1, 0.15) is 93.8 Å². The van der Waals surface area contributed by atoms with Crippen LogP contribution in [0.25, 0.3) is 0 Å². The maximum absolute atomic E-state index is 14.6. The third-order valence-electron chi connectivity index (χ3n) is 8.26. The van der Waals surface area contributed by atoms with E-state index >= 15 is 0 Å². The molecule has 3 atom stereocenters. The molecule has 236 valence electrons. The monoisotopic (exact) mass is 603 g/mol. The molecule has 0 saturated carbocycles. The number of fused-ring (bicyclic) bond motifs is 1. The zero-order chi connectivity index (χ0) is 30.6. The molecule has 0 aliphatic carbocycles. The van der Waals surface area contributed by atoms with Gasteiger partial charge in [-0.15, -0.1) is 0 Å². The fraction of sp³-hybridized carbons (Fsp3) is 0.636. The summed E-state index contributed by atoms with van der Waals surface area (Å²) in [4.78, 5) is 20.4. The summed E-state index contributed by atoms with van der Waals surface area (Å²) in [6, 6.07) is 7.53. The molecule has 1 aromatic heterocycles. The predicted octanol–water partition coefficient (Wildman–Crippen LogP) is 6.56. The first-order valence-electron chi connectivity index (χ1n) is 15.6. The van der Waals surface area contributed by atoms with Crippen molar-refractivity contribution in [3.8, 4) is 0 Å². The van der Waals surface area contributed by atoms with Crippen molar-refractivity contribution in [2.75, 3.05) is 38.2 Å². The molecule has 2 saturated heterocycles. The minimum atomic E-state index is -2.89. The maximum Gasteiger partial charge on any atom is 0.328 e. The number of pyridine rings is 1. The number of esters is 1. The van der Waals surface area contributed by atoms with E-state index in [4.69, 9.17) is 19.2 Å². The number of anilines is 1. The van der Waals surface area contributed by atoms with Crippen molar-refractivity contribution in [3.63, 3.8) is 0 Å². The van der Waals surface area contributed by atoms with Crippen LogP contribution in [-0.2, 0) is 31.8 Å². The summed E-state index contributed by atoms with van der Waals surface area (Å²) in [6.45, 7) is 7.24. The minimum Gasteiger partial charge on any atom is -0.459 e. The van der Waals surface area contributed by atoms with Crippen LogP contribution in [0.15, 0.2) is 30.3 Å². The molecule has 2 aromatic rings. The number of carbonyl (C=O) groups is 1. The molecule has 0 bridgehead atoms. The highest BCUT2D eigenvalue weighted by Gasteiger charge is 2.41. The largest absolute Gasteiger partial charge is 0.459 e. The van der Waals surface area contributed by atoms with Crippen molar-refractivity contribution in [3.05, 3.63) is 58.5 Å². The van der Waals surface area contributed by atoms with E-state index in [-0.39, 0.29) is 18.9 Å². The van der Waals surface area contributed by atoms with Gasteiger partial charge in [-0.3, -0.25) is 4.90 Å². The number of carbonyl (C=O) groups excluding carboxylic acids is 1. The Kier molecular flexibility index (Phi) is 9.98.